The number of carbonyl (C=O) groups excluding carboxylic acids is 1. The molecule has 1 heterocycles. The van der Waals surface area contributed by atoms with Crippen LogP contribution in [0.4, 0.5) is 6.01 Å². The second-order valence-electron chi connectivity index (χ2n) is 4.99. The third kappa shape index (κ3) is 4.24. The van der Waals surface area contributed by atoms with Crippen LogP contribution in [0.1, 0.15) is 5.56 Å². The average Bonchev–Trinajstić information content (AvgIpc) is 3.09. The van der Waals surface area contributed by atoms with Gasteiger partial charge in [-0.05, 0) is 35.9 Å². The zero-order valence-electron chi connectivity index (χ0n) is 13.3. The van der Waals surface area contributed by atoms with Gasteiger partial charge in [-0.15, -0.1) is 5.10 Å². The molecule has 1 N–H and O–H groups in total. The molecule has 6 nitrogen and oxygen atoms in total. The molecule has 7 heteroatoms. The second-order valence-corrected chi connectivity index (χ2v) is 5.40. The molecule has 0 fully saturated rings. The lowest BCUT2D eigenvalue weighted by molar-refractivity contribution is -0.112. The standard InChI is InChI=1S/C18H14ClN3O3/c1-24-14-7-4-6-13(11-14)17-21-22-18(25-17)20-16(23)10-9-12-5-2-3-8-15(12)19/h2-11H,1H3,(H,20,22,23). The summed E-state index contributed by atoms with van der Waals surface area (Å²) in [5, 5.41) is 10.8. The van der Waals surface area contributed by atoms with E-state index in [9.17, 15) is 4.79 Å². The number of nitrogens with zero attached hydrogens (tertiary/aromatic N) is 2. The molecule has 126 valence electrons. The topological polar surface area (TPSA) is 77.3 Å². The van der Waals surface area contributed by atoms with Crippen molar-refractivity contribution < 1.29 is 13.9 Å². The normalized spacial score (nSPS) is 10.8. The van der Waals surface area contributed by atoms with Gasteiger partial charge in [-0.3, -0.25) is 10.1 Å². The van der Waals surface area contributed by atoms with Crippen LogP contribution in [0, 0.1) is 0 Å². The van der Waals surface area contributed by atoms with Crippen LogP contribution in [0.25, 0.3) is 17.5 Å². The average molecular weight is 356 g/mol. The smallest absolute Gasteiger partial charge is 0.322 e. The SMILES string of the molecule is COc1cccc(-c2nnc(NC(=O)C=Cc3ccccc3Cl)o2)c1. The van der Waals surface area contributed by atoms with Gasteiger partial charge in [0, 0.05) is 16.7 Å². The molecule has 0 radical (unpaired) electrons. The van der Waals surface area contributed by atoms with Gasteiger partial charge in [0.05, 0.1) is 7.11 Å². The number of amides is 1. The van der Waals surface area contributed by atoms with E-state index in [1.165, 1.54) is 6.08 Å². The van der Waals surface area contributed by atoms with Crippen LogP contribution in [0.3, 0.4) is 0 Å². The lowest BCUT2D eigenvalue weighted by Crippen LogP contribution is -2.07. The molecule has 1 aromatic heterocycles. The number of nitrogens with one attached hydrogen (secondary N) is 1. The molecule has 1 amide bonds. The molecule has 3 rings (SSSR count). The van der Waals surface area contributed by atoms with Crippen molar-refractivity contribution in [3.05, 3.63) is 65.2 Å². The summed E-state index contributed by atoms with van der Waals surface area (Å²) in [6.45, 7) is 0. The van der Waals surface area contributed by atoms with E-state index in [0.29, 0.717) is 16.3 Å². The number of anilines is 1. The summed E-state index contributed by atoms with van der Waals surface area (Å²) in [5.41, 5.74) is 1.43. The Morgan fingerprint density at radius 3 is 2.84 bits per heavy atom. The summed E-state index contributed by atoms with van der Waals surface area (Å²) in [5.74, 6) is 0.550. The predicted octanol–water partition coefficient (Wildman–Crippen LogP) is 4.05. The van der Waals surface area contributed by atoms with Crippen LogP contribution in [-0.2, 0) is 4.79 Å². The maximum atomic E-state index is 12.0. The molecule has 0 spiro atoms. The van der Waals surface area contributed by atoms with Gasteiger partial charge in [0.25, 0.3) is 5.91 Å². The second kappa shape index (κ2) is 7.63. The van der Waals surface area contributed by atoms with E-state index in [0.717, 1.165) is 5.56 Å². The highest BCUT2D eigenvalue weighted by Gasteiger charge is 2.10. The highest BCUT2D eigenvalue weighted by atomic mass is 35.5. The maximum absolute atomic E-state index is 12.0. The number of ether oxygens (including phenoxy) is 1. The Balaban J connectivity index is 1.68. The molecule has 2 aromatic carbocycles. The van der Waals surface area contributed by atoms with Crippen molar-refractivity contribution in [2.75, 3.05) is 12.4 Å². The fraction of sp³-hybridized carbons (Fsp3) is 0.0556. The van der Waals surface area contributed by atoms with E-state index < -0.39 is 5.91 Å². The molecule has 0 aliphatic rings. The monoisotopic (exact) mass is 355 g/mol. The van der Waals surface area contributed by atoms with Crippen molar-refractivity contribution >= 4 is 29.6 Å². The van der Waals surface area contributed by atoms with E-state index in [2.05, 4.69) is 15.5 Å². The number of hydrogen-bond donors (Lipinski definition) is 1. The highest BCUT2D eigenvalue weighted by molar-refractivity contribution is 6.32. The minimum absolute atomic E-state index is 0.00614. The molecular weight excluding hydrogens is 342 g/mol. The van der Waals surface area contributed by atoms with E-state index in [1.54, 1.807) is 37.5 Å². The van der Waals surface area contributed by atoms with Crippen LogP contribution < -0.4 is 10.1 Å². The quantitative estimate of drug-likeness (QED) is 0.698. The van der Waals surface area contributed by atoms with Crippen LogP contribution >= 0.6 is 11.6 Å². The Kier molecular flexibility index (Phi) is 5.11. The van der Waals surface area contributed by atoms with Crippen molar-refractivity contribution in [1.82, 2.24) is 10.2 Å². The Bertz CT molecular complexity index is 921. The number of carbonyl (C=O) groups is 1. The molecular formula is C18H14ClN3O3. The summed E-state index contributed by atoms with van der Waals surface area (Å²) in [6, 6.07) is 14.4. The molecule has 0 saturated carbocycles. The molecule has 0 unspecified atom stereocenters. The zero-order valence-corrected chi connectivity index (χ0v) is 14.0. The van der Waals surface area contributed by atoms with Crippen LogP contribution in [0.5, 0.6) is 5.75 Å². The first kappa shape index (κ1) is 16.7. The van der Waals surface area contributed by atoms with Gasteiger partial charge in [-0.1, -0.05) is 41.0 Å². The van der Waals surface area contributed by atoms with Gasteiger partial charge in [0.2, 0.25) is 5.89 Å². The summed E-state index contributed by atoms with van der Waals surface area (Å²) in [6.07, 6.45) is 2.95. The lowest BCUT2D eigenvalue weighted by Gasteiger charge is -2.00. The molecule has 0 atom stereocenters. The van der Waals surface area contributed by atoms with Crippen molar-refractivity contribution in [2.24, 2.45) is 0 Å². The van der Waals surface area contributed by atoms with Gasteiger partial charge in [0.15, 0.2) is 0 Å². The fourth-order valence-electron chi connectivity index (χ4n) is 2.07. The third-order valence-electron chi connectivity index (χ3n) is 3.29. The van der Waals surface area contributed by atoms with Gasteiger partial charge in [0.1, 0.15) is 5.75 Å². The summed E-state index contributed by atoms with van der Waals surface area (Å²) >= 11 is 6.03. The van der Waals surface area contributed by atoms with Gasteiger partial charge >= 0.3 is 6.01 Å². The maximum Gasteiger partial charge on any atom is 0.322 e. The Labute approximate surface area is 149 Å². The van der Waals surface area contributed by atoms with Crippen molar-refractivity contribution in [1.29, 1.82) is 0 Å². The summed E-state index contributed by atoms with van der Waals surface area (Å²) in [7, 11) is 1.57. The van der Waals surface area contributed by atoms with Crippen LogP contribution in [0.2, 0.25) is 5.02 Å². The van der Waals surface area contributed by atoms with Crippen LogP contribution in [0.15, 0.2) is 59.0 Å². The first-order chi connectivity index (χ1) is 12.2. The third-order valence-corrected chi connectivity index (χ3v) is 3.64. The Hall–Kier alpha value is -3.12. The van der Waals surface area contributed by atoms with Gasteiger partial charge < -0.3 is 9.15 Å². The molecule has 0 aliphatic heterocycles. The zero-order chi connectivity index (χ0) is 17.6. The minimum atomic E-state index is -0.402. The summed E-state index contributed by atoms with van der Waals surface area (Å²) < 4.78 is 10.6. The van der Waals surface area contributed by atoms with Gasteiger partial charge in [-0.2, -0.15) is 0 Å². The molecule has 0 saturated heterocycles. The van der Waals surface area contributed by atoms with E-state index in [-0.39, 0.29) is 11.9 Å². The van der Waals surface area contributed by atoms with E-state index in [4.69, 9.17) is 20.8 Å². The van der Waals surface area contributed by atoms with E-state index in [1.807, 2.05) is 24.3 Å². The number of aromatic nitrogens is 2. The fourth-order valence-corrected chi connectivity index (χ4v) is 2.27. The number of benzene rings is 2. The largest absolute Gasteiger partial charge is 0.497 e. The number of rotatable bonds is 5. The number of hydrogen-bond acceptors (Lipinski definition) is 5. The van der Waals surface area contributed by atoms with Crippen molar-refractivity contribution in [2.45, 2.75) is 0 Å². The molecule has 0 aliphatic carbocycles. The van der Waals surface area contributed by atoms with E-state index >= 15 is 0 Å². The first-order valence-electron chi connectivity index (χ1n) is 7.37. The molecule has 0 bridgehead atoms. The summed E-state index contributed by atoms with van der Waals surface area (Å²) in [4.78, 5) is 12.0. The Morgan fingerprint density at radius 2 is 2.04 bits per heavy atom. The lowest BCUT2D eigenvalue weighted by atomic mass is 10.2. The molecule has 25 heavy (non-hydrogen) atoms. The van der Waals surface area contributed by atoms with Gasteiger partial charge in [-0.25, -0.2) is 0 Å². The van der Waals surface area contributed by atoms with Crippen molar-refractivity contribution in [3.63, 3.8) is 0 Å². The predicted molar refractivity (Wildman–Crippen MR) is 95.4 cm³/mol. The van der Waals surface area contributed by atoms with Crippen LogP contribution in [-0.4, -0.2) is 23.2 Å². The number of methoxy groups -OCH3 is 1. The Morgan fingerprint density at radius 1 is 1.20 bits per heavy atom. The minimum Gasteiger partial charge on any atom is -0.497 e. The highest BCUT2D eigenvalue weighted by Crippen LogP contribution is 2.23. The number of halogens is 1. The van der Waals surface area contributed by atoms with Crippen molar-refractivity contribution in [3.8, 4) is 17.2 Å². The first-order valence-corrected chi connectivity index (χ1v) is 7.75. The molecule has 3 aromatic rings.